The summed E-state index contributed by atoms with van der Waals surface area (Å²) in [4.78, 5) is 25.2. The summed E-state index contributed by atoms with van der Waals surface area (Å²) in [6.45, 7) is 2.69. The molecule has 1 aliphatic rings. The Morgan fingerprint density at radius 1 is 1.45 bits per heavy atom. The molecule has 1 aromatic carbocycles. The Morgan fingerprint density at radius 2 is 2.23 bits per heavy atom. The molecule has 2 amide bonds. The number of nitrogens with zero attached hydrogens (tertiary/aromatic N) is 2. The van der Waals surface area contributed by atoms with E-state index in [1.54, 1.807) is 24.3 Å². The van der Waals surface area contributed by atoms with Gasteiger partial charge in [-0.2, -0.15) is 5.26 Å². The highest BCUT2D eigenvalue weighted by atomic mass is 16.5. The number of nitriles is 1. The summed E-state index contributed by atoms with van der Waals surface area (Å²) in [6.07, 6.45) is 1.25. The number of nitrogens with one attached hydrogen (secondary N) is 1. The Kier molecular flexibility index (Phi) is 5.50. The van der Waals surface area contributed by atoms with E-state index < -0.39 is 0 Å². The van der Waals surface area contributed by atoms with Gasteiger partial charge in [0.15, 0.2) is 0 Å². The summed E-state index contributed by atoms with van der Waals surface area (Å²) >= 11 is 0. The Hall–Kier alpha value is -2.39. The highest BCUT2D eigenvalue weighted by molar-refractivity contribution is 5.93. The van der Waals surface area contributed by atoms with Gasteiger partial charge >= 0.3 is 0 Å². The van der Waals surface area contributed by atoms with Gasteiger partial charge in [0.25, 0.3) is 0 Å². The van der Waals surface area contributed by atoms with Crippen LogP contribution in [0.5, 0.6) is 0 Å². The average Bonchev–Trinajstić information content (AvgIpc) is 3.05. The highest BCUT2D eigenvalue weighted by Crippen LogP contribution is 2.19. The molecule has 0 spiro atoms. The number of para-hydroxylation sites is 1. The van der Waals surface area contributed by atoms with Crippen molar-refractivity contribution in [2.24, 2.45) is 0 Å². The maximum atomic E-state index is 11.9. The molecule has 0 aromatic heterocycles. The van der Waals surface area contributed by atoms with E-state index in [0.29, 0.717) is 30.9 Å². The Bertz CT molecular complexity index is 589. The lowest BCUT2D eigenvalue weighted by Gasteiger charge is -2.22. The molecule has 1 N–H and O–H groups in total. The van der Waals surface area contributed by atoms with Crippen molar-refractivity contribution < 1.29 is 14.3 Å². The molecule has 1 fully saturated rings. The Morgan fingerprint density at radius 3 is 2.86 bits per heavy atom. The number of anilines is 1. The Balaban J connectivity index is 1.96. The van der Waals surface area contributed by atoms with Gasteiger partial charge in [0.2, 0.25) is 11.8 Å². The van der Waals surface area contributed by atoms with Crippen LogP contribution in [0, 0.1) is 11.3 Å². The zero-order valence-electron chi connectivity index (χ0n) is 12.5. The van der Waals surface area contributed by atoms with E-state index in [2.05, 4.69) is 11.4 Å². The molecule has 0 radical (unpaired) electrons. The van der Waals surface area contributed by atoms with E-state index in [1.165, 1.54) is 11.8 Å². The molecule has 2 rings (SSSR count). The molecule has 6 nitrogen and oxygen atoms in total. The van der Waals surface area contributed by atoms with Crippen LogP contribution in [-0.2, 0) is 14.3 Å². The highest BCUT2D eigenvalue weighted by Gasteiger charge is 2.23. The van der Waals surface area contributed by atoms with E-state index in [4.69, 9.17) is 10.00 Å². The van der Waals surface area contributed by atoms with Crippen molar-refractivity contribution in [3.8, 4) is 6.07 Å². The van der Waals surface area contributed by atoms with Gasteiger partial charge in [-0.3, -0.25) is 9.59 Å². The van der Waals surface area contributed by atoms with Crippen molar-refractivity contribution in [1.29, 1.82) is 5.26 Å². The first-order valence-corrected chi connectivity index (χ1v) is 7.30. The minimum absolute atomic E-state index is 0.144. The quantitative estimate of drug-likeness (QED) is 0.886. The summed E-state index contributed by atoms with van der Waals surface area (Å²) in [5.74, 6) is -0.316. The molecule has 1 aromatic rings. The normalized spacial score (nSPS) is 16.8. The number of rotatable bonds is 5. The van der Waals surface area contributed by atoms with Crippen LogP contribution in [0.1, 0.15) is 25.3 Å². The number of amides is 2. The van der Waals surface area contributed by atoms with Crippen LogP contribution in [0.4, 0.5) is 5.69 Å². The third-order valence-electron chi connectivity index (χ3n) is 3.55. The van der Waals surface area contributed by atoms with Crippen molar-refractivity contribution in [1.82, 2.24) is 5.32 Å². The third kappa shape index (κ3) is 3.83. The molecule has 1 saturated heterocycles. The first-order valence-electron chi connectivity index (χ1n) is 7.30. The average molecular weight is 301 g/mol. The molecule has 6 heteroatoms. The lowest BCUT2D eigenvalue weighted by molar-refractivity contribution is -0.130. The zero-order valence-corrected chi connectivity index (χ0v) is 12.5. The smallest absolute Gasteiger partial charge is 0.249 e. The summed E-state index contributed by atoms with van der Waals surface area (Å²) < 4.78 is 5.31. The minimum atomic E-state index is -0.378. The van der Waals surface area contributed by atoms with Gasteiger partial charge in [-0.05, 0) is 25.0 Å². The van der Waals surface area contributed by atoms with Gasteiger partial charge in [-0.1, -0.05) is 12.1 Å². The number of ether oxygens (including phenoxy) is 1. The van der Waals surface area contributed by atoms with Gasteiger partial charge in [0.05, 0.1) is 11.3 Å². The predicted octanol–water partition coefficient (Wildman–Crippen LogP) is 1.21. The van der Waals surface area contributed by atoms with Gasteiger partial charge in [-0.15, -0.1) is 0 Å². The van der Waals surface area contributed by atoms with Gasteiger partial charge in [-0.25, -0.2) is 0 Å². The molecule has 0 aliphatic carbocycles. The topological polar surface area (TPSA) is 82.4 Å². The molecule has 1 heterocycles. The van der Waals surface area contributed by atoms with Crippen molar-refractivity contribution in [3.05, 3.63) is 29.8 Å². The van der Waals surface area contributed by atoms with Crippen LogP contribution >= 0.6 is 0 Å². The molecular weight excluding hydrogens is 282 g/mol. The van der Waals surface area contributed by atoms with E-state index in [-0.39, 0.29) is 17.9 Å². The van der Waals surface area contributed by atoms with Crippen molar-refractivity contribution in [2.75, 3.05) is 24.6 Å². The summed E-state index contributed by atoms with van der Waals surface area (Å²) in [7, 11) is 0. The van der Waals surface area contributed by atoms with Crippen LogP contribution in [-0.4, -0.2) is 37.6 Å². The van der Waals surface area contributed by atoms with E-state index in [0.717, 1.165) is 12.8 Å². The second kappa shape index (κ2) is 7.57. The number of benzene rings is 1. The first-order chi connectivity index (χ1) is 10.6. The van der Waals surface area contributed by atoms with E-state index in [9.17, 15) is 9.59 Å². The lowest BCUT2D eigenvalue weighted by atomic mass is 10.1. The van der Waals surface area contributed by atoms with Crippen LogP contribution in [0.25, 0.3) is 0 Å². The fraction of sp³-hybridized carbons (Fsp3) is 0.438. The maximum absolute atomic E-state index is 11.9. The molecule has 116 valence electrons. The van der Waals surface area contributed by atoms with Gasteiger partial charge < -0.3 is 15.0 Å². The SMILES string of the molecule is CC(=O)N(CCNC(=O)C1CCCO1)c1ccccc1C#N. The predicted molar refractivity (Wildman–Crippen MR) is 81.2 cm³/mol. The molecule has 0 bridgehead atoms. The largest absolute Gasteiger partial charge is 0.368 e. The van der Waals surface area contributed by atoms with Gasteiger partial charge in [0.1, 0.15) is 12.2 Å². The lowest BCUT2D eigenvalue weighted by Crippen LogP contribution is -2.41. The van der Waals surface area contributed by atoms with E-state index >= 15 is 0 Å². The summed E-state index contributed by atoms with van der Waals surface area (Å²) in [6, 6.07) is 8.99. The number of carbonyl (C=O) groups is 2. The van der Waals surface area contributed by atoms with Crippen LogP contribution in [0.2, 0.25) is 0 Å². The van der Waals surface area contributed by atoms with Crippen LogP contribution in [0.3, 0.4) is 0 Å². The Labute approximate surface area is 129 Å². The fourth-order valence-electron chi connectivity index (χ4n) is 2.44. The monoisotopic (exact) mass is 301 g/mol. The van der Waals surface area contributed by atoms with Crippen LogP contribution < -0.4 is 10.2 Å². The summed E-state index contributed by atoms with van der Waals surface area (Å²) in [5, 5.41) is 11.9. The molecule has 22 heavy (non-hydrogen) atoms. The molecular formula is C16H19N3O3. The van der Waals surface area contributed by atoms with Crippen molar-refractivity contribution >= 4 is 17.5 Å². The fourth-order valence-corrected chi connectivity index (χ4v) is 2.44. The van der Waals surface area contributed by atoms with Crippen molar-refractivity contribution in [3.63, 3.8) is 0 Å². The maximum Gasteiger partial charge on any atom is 0.249 e. The first kappa shape index (κ1) is 16.0. The summed E-state index contributed by atoms with van der Waals surface area (Å²) in [5.41, 5.74) is 0.993. The number of hydrogen-bond donors (Lipinski definition) is 1. The third-order valence-corrected chi connectivity index (χ3v) is 3.55. The van der Waals surface area contributed by atoms with Crippen molar-refractivity contribution in [2.45, 2.75) is 25.9 Å². The number of hydrogen-bond acceptors (Lipinski definition) is 4. The molecule has 1 aliphatic heterocycles. The minimum Gasteiger partial charge on any atom is -0.368 e. The molecule has 0 saturated carbocycles. The zero-order chi connectivity index (χ0) is 15.9. The number of carbonyl (C=O) groups excluding carboxylic acids is 2. The molecule has 1 atom stereocenters. The van der Waals surface area contributed by atoms with Crippen LogP contribution in [0.15, 0.2) is 24.3 Å². The molecule has 1 unspecified atom stereocenters. The second-order valence-electron chi connectivity index (χ2n) is 5.09. The standard InChI is InChI=1S/C16H19N3O3/c1-12(20)19(14-6-3-2-5-13(14)11-17)9-8-18-16(21)15-7-4-10-22-15/h2-3,5-6,15H,4,7-10H2,1H3,(H,18,21). The second-order valence-corrected chi connectivity index (χ2v) is 5.09. The van der Waals surface area contributed by atoms with E-state index in [1.807, 2.05) is 0 Å². The van der Waals surface area contributed by atoms with Gasteiger partial charge in [0, 0.05) is 26.6 Å².